The van der Waals surface area contributed by atoms with Gasteiger partial charge in [0.2, 0.25) is 0 Å². The van der Waals surface area contributed by atoms with Crippen molar-refractivity contribution in [2.24, 2.45) is 0 Å². The van der Waals surface area contributed by atoms with Gasteiger partial charge in [-0.2, -0.15) is 0 Å². The molecule has 5 heteroatoms. The van der Waals surface area contributed by atoms with Crippen LogP contribution in [0.5, 0.6) is 0 Å². The van der Waals surface area contributed by atoms with Crippen molar-refractivity contribution < 1.29 is 9.84 Å². The van der Waals surface area contributed by atoms with E-state index in [1.807, 2.05) is 0 Å². The van der Waals surface area contributed by atoms with E-state index in [1.165, 1.54) is 24.0 Å². The minimum Gasteiger partial charge on any atom is -0.390 e. The van der Waals surface area contributed by atoms with Crippen LogP contribution >= 0.6 is 0 Å². The maximum Gasteiger partial charge on any atom is 0.0834 e. The lowest BCUT2D eigenvalue weighted by molar-refractivity contribution is 0.00545. The number of morpholine rings is 1. The molecular weight excluding hydrogens is 338 g/mol. The summed E-state index contributed by atoms with van der Waals surface area (Å²) < 4.78 is 5.43. The summed E-state index contributed by atoms with van der Waals surface area (Å²) in [7, 11) is 2.19. The summed E-state index contributed by atoms with van der Waals surface area (Å²) in [6.07, 6.45) is 4.15. The molecule has 0 bridgehead atoms. The maximum absolute atomic E-state index is 11.4. The van der Waals surface area contributed by atoms with Crippen LogP contribution in [0.15, 0.2) is 24.3 Å². The second-order valence-corrected chi connectivity index (χ2v) is 8.52. The summed E-state index contributed by atoms with van der Waals surface area (Å²) in [6, 6.07) is 8.90. The molecule has 2 fully saturated rings. The second kappa shape index (κ2) is 8.58. The number of ether oxygens (including phenoxy) is 1. The predicted molar refractivity (Wildman–Crippen MR) is 108 cm³/mol. The van der Waals surface area contributed by atoms with Crippen LogP contribution in [-0.2, 0) is 10.2 Å². The highest BCUT2D eigenvalue weighted by atomic mass is 16.5. The first-order valence-corrected chi connectivity index (χ1v) is 10.7. The van der Waals surface area contributed by atoms with Crippen LogP contribution in [0.1, 0.15) is 42.9 Å². The van der Waals surface area contributed by atoms with Crippen molar-refractivity contribution in [3.63, 3.8) is 0 Å². The second-order valence-electron chi connectivity index (χ2n) is 8.52. The van der Waals surface area contributed by atoms with Gasteiger partial charge in [-0.1, -0.05) is 24.3 Å². The van der Waals surface area contributed by atoms with E-state index in [0.29, 0.717) is 0 Å². The molecule has 1 aromatic rings. The van der Waals surface area contributed by atoms with Crippen LogP contribution in [0.2, 0.25) is 0 Å². The Morgan fingerprint density at radius 3 is 2.70 bits per heavy atom. The van der Waals surface area contributed by atoms with Gasteiger partial charge in [0.15, 0.2) is 0 Å². The molecule has 1 aromatic carbocycles. The molecule has 27 heavy (non-hydrogen) atoms. The Morgan fingerprint density at radius 1 is 1.19 bits per heavy atom. The molecule has 2 aliphatic heterocycles. The number of aliphatic hydroxyl groups excluding tert-OH is 1. The van der Waals surface area contributed by atoms with Crippen LogP contribution in [0.4, 0.5) is 0 Å². The van der Waals surface area contributed by atoms with Crippen LogP contribution < -0.4 is 5.32 Å². The number of aliphatic hydroxyl groups is 1. The van der Waals surface area contributed by atoms with Gasteiger partial charge in [-0.15, -0.1) is 0 Å². The maximum atomic E-state index is 11.4. The lowest BCUT2D eigenvalue weighted by Gasteiger charge is -2.40. The quantitative estimate of drug-likeness (QED) is 0.745. The molecule has 150 valence electrons. The standard InChI is InChI=1S/C22H35N3O2/c1-24(12-4-5-13-25-14-16-27-17-15-25)20-18-6-2-3-7-19(18)22(21(20)26)8-10-23-11-9-22/h2-3,6-7,20-21,23,26H,4-5,8-17H2,1H3/t20-,21+/m1/s1. The number of benzene rings is 1. The van der Waals surface area contributed by atoms with E-state index < -0.39 is 0 Å². The number of nitrogens with zero attached hydrogens (tertiary/aromatic N) is 2. The van der Waals surface area contributed by atoms with Crippen molar-refractivity contribution in [2.45, 2.75) is 43.2 Å². The van der Waals surface area contributed by atoms with E-state index >= 15 is 0 Å². The molecule has 0 unspecified atom stereocenters. The lowest BCUT2D eigenvalue weighted by atomic mass is 9.72. The summed E-state index contributed by atoms with van der Waals surface area (Å²) in [6.45, 7) is 8.10. The highest BCUT2D eigenvalue weighted by Crippen LogP contribution is 2.51. The number of hydrogen-bond donors (Lipinski definition) is 2. The Kier molecular flexibility index (Phi) is 6.15. The van der Waals surface area contributed by atoms with Gasteiger partial charge in [0, 0.05) is 18.5 Å². The minimum atomic E-state index is -0.304. The topological polar surface area (TPSA) is 48.0 Å². The highest BCUT2D eigenvalue weighted by molar-refractivity contribution is 5.45. The first-order chi connectivity index (χ1) is 13.2. The van der Waals surface area contributed by atoms with E-state index in [0.717, 1.165) is 65.3 Å². The van der Waals surface area contributed by atoms with Crippen molar-refractivity contribution in [1.29, 1.82) is 0 Å². The van der Waals surface area contributed by atoms with Crippen molar-refractivity contribution in [3.8, 4) is 0 Å². The van der Waals surface area contributed by atoms with Crippen molar-refractivity contribution in [3.05, 3.63) is 35.4 Å². The molecule has 2 saturated heterocycles. The monoisotopic (exact) mass is 373 g/mol. The molecule has 0 aromatic heterocycles. The number of fused-ring (bicyclic) bond motifs is 2. The predicted octanol–water partition coefficient (Wildman–Crippen LogP) is 1.77. The largest absolute Gasteiger partial charge is 0.390 e. The number of rotatable bonds is 6. The minimum absolute atomic E-state index is 0.0609. The van der Waals surface area contributed by atoms with E-state index in [2.05, 4.69) is 46.4 Å². The van der Waals surface area contributed by atoms with Crippen molar-refractivity contribution in [2.75, 3.05) is 59.5 Å². The van der Waals surface area contributed by atoms with Gasteiger partial charge < -0.3 is 15.2 Å². The summed E-state index contributed by atoms with van der Waals surface area (Å²) in [5.74, 6) is 0. The lowest BCUT2D eigenvalue weighted by Crippen LogP contribution is -2.48. The third kappa shape index (κ3) is 3.81. The van der Waals surface area contributed by atoms with E-state index in [9.17, 15) is 5.11 Å². The summed E-state index contributed by atoms with van der Waals surface area (Å²) in [5.41, 5.74) is 2.68. The average molecular weight is 374 g/mol. The summed E-state index contributed by atoms with van der Waals surface area (Å²) in [4.78, 5) is 4.91. The molecule has 2 N–H and O–H groups in total. The molecule has 3 aliphatic rings. The normalized spacial score (nSPS) is 28.0. The Morgan fingerprint density at radius 2 is 1.93 bits per heavy atom. The number of piperidine rings is 1. The molecule has 5 nitrogen and oxygen atoms in total. The molecule has 0 amide bonds. The van der Waals surface area contributed by atoms with E-state index in [1.54, 1.807) is 0 Å². The van der Waals surface area contributed by atoms with Gasteiger partial charge in [0.1, 0.15) is 0 Å². The van der Waals surface area contributed by atoms with Gasteiger partial charge in [-0.25, -0.2) is 0 Å². The number of unbranched alkanes of at least 4 members (excludes halogenated alkanes) is 1. The molecule has 1 aliphatic carbocycles. The first-order valence-electron chi connectivity index (χ1n) is 10.7. The third-order valence-electron chi connectivity index (χ3n) is 6.99. The van der Waals surface area contributed by atoms with Crippen LogP contribution in [-0.4, -0.2) is 80.5 Å². The summed E-state index contributed by atoms with van der Waals surface area (Å²) in [5, 5.41) is 14.9. The van der Waals surface area contributed by atoms with Gasteiger partial charge in [-0.05, 0) is 70.0 Å². The molecule has 0 saturated carbocycles. The molecule has 0 radical (unpaired) electrons. The molecular formula is C22H35N3O2. The van der Waals surface area contributed by atoms with Crippen LogP contribution in [0, 0.1) is 0 Å². The first kappa shape index (κ1) is 19.3. The molecule has 1 spiro atoms. The Hall–Kier alpha value is -0.980. The van der Waals surface area contributed by atoms with Crippen molar-refractivity contribution >= 4 is 0 Å². The van der Waals surface area contributed by atoms with Gasteiger partial charge >= 0.3 is 0 Å². The number of hydrogen-bond acceptors (Lipinski definition) is 5. The zero-order chi connectivity index (χ0) is 18.7. The number of nitrogens with one attached hydrogen (secondary N) is 1. The van der Waals surface area contributed by atoms with E-state index in [-0.39, 0.29) is 17.6 Å². The van der Waals surface area contributed by atoms with Crippen LogP contribution in [0.25, 0.3) is 0 Å². The SMILES string of the molecule is CN(CCCCN1CCOCC1)[C@@H]1c2ccccc2C2(CCNCC2)[C@H]1O. The molecule has 4 rings (SSSR count). The fraction of sp³-hybridized carbons (Fsp3) is 0.727. The third-order valence-corrected chi connectivity index (χ3v) is 6.99. The molecule has 2 atom stereocenters. The fourth-order valence-electron chi connectivity index (χ4n) is 5.42. The highest BCUT2D eigenvalue weighted by Gasteiger charge is 2.52. The Bertz CT molecular complexity index is 611. The fourth-order valence-corrected chi connectivity index (χ4v) is 5.42. The number of likely N-dealkylation sites (N-methyl/N-ethyl adjacent to an activating group) is 1. The van der Waals surface area contributed by atoms with Gasteiger partial charge in [0.25, 0.3) is 0 Å². The zero-order valence-electron chi connectivity index (χ0n) is 16.7. The van der Waals surface area contributed by atoms with Crippen molar-refractivity contribution in [1.82, 2.24) is 15.1 Å². The summed E-state index contributed by atoms with van der Waals surface area (Å²) >= 11 is 0. The Labute approximate surface area is 163 Å². The van der Waals surface area contributed by atoms with E-state index in [4.69, 9.17) is 4.74 Å². The van der Waals surface area contributed by atoms with Crippen LogP contribution in [0.3, 0.4) is 0 Å². The van der Waals surface area contributed by atoms with Gasteiger partial charge in [0.05, 0.1) is 25.4 Å². The Balaban J connectivity index is 1.38. The average Bonchev–Trinajstić information content (AvgIpc) is 2.95. The smallest absolute Gasteiger partial charge is 0.0834 e. The van der Waals surface area contributed by atoms with Gasteiger partial charge in [-0.3, -0.25) is 9.80 Å². The molecule has 2 heterocycles. The zero-order valence-corrected chi connectivity index (χ0v) is 16.7.